The highest BCUT2D eigenvalue weighted by atomic mass is 16.3. The molecule has 2 heterocycles. The van der Waals surface area contributed by atoms with Crippen LogP contribution >= 0.6 is 0 Å². The van der Waals surface area contributed by atoms with Crippen molar-refractivity contribution in [1.82, 2.24) is 5.32 Å². The van der Waals surface area contributed by atoms with Crippen molar-refractivity contribution in [1.29, 1.82) is 0 Å². The summed E-state index contributed by atoms with van der Waals surface area (Å²) in [5.74, 6) is -1.30. The topological polar surface area (TPSA) is 81.7 Å². The summed E-state index contributed by atoms with van der Waals surface area (Å²) in [7, 11) is 0. The molecule has 3 N–H and O–H groups in total. The van der Waals surface area contributed by atoms with Crippen molar-refractivity contribution in [2.75, 3.05) is 23.3 Å². The van der Waals surface area contributed by atoms with E-state index in [1.807, 2.05) is 54.6 Å². The number of aliphatic hydroxyl groups excluding tert-OH is 1. The van der Waals surface area contributed by atoms with Crippen LogP contribution in [0.25, 0.3) is 0 Å². The van der Waals surface area contributed by atoms with E-state index in [1.54, 1.807) is 0 Å². The summed E-state index contributed by atoms with van der Waals surface area (Å²) in [5, 5.41) is 15.9. The molecule has 0 aliphatic carbocycles. The lowest BCUT2D eigenvalue weighted by molar-refractivity contribution is -0.120. The zero-order valence-corrected chi connectivity index (χ0v) is 16.9. The quantitative estimate of drug-likeness (QED) is 0.642. The van der Waals surface area contributed by atoms with Crippen LogP contribution in [0.3, 0.4) is 0 Å². The number of nitrogens with zero attached hydrogens (tertiary/aromatic N) is 1. The molecular formula is C24H27N3O3. The molecule has 6 nitrogen and oxygen atoms in total. The SMILES string of the molecule is O=C(Nc1ccc(N2CCCCC2)cc1)C1=C(O)[C@@H](CCc2ccccc2)NC1=O. The van der Waals surface area contributed by atoms with Crippen LogP contribution in [0.4, 0.5) is 11.4 Å². The van der Waals surface area contributed by atoms with Crippen molar-refractivity contribution in [2.45, 2.75) is 38.1 Å². The average Bonchev–Trinajstić information content (AvgIpc) is 3.07. The minimum absolute atomic E-state index is 0.182. The number of nitrogens with one attached hydrogen (secondary N) is 2. The Morgan fingerprint density at radius 1 is 1.03 bits per heavy atom. The highest BCUT2D eigenvalue weighted by molar-refractivity contribution is 6.24. The molecule has 4 rings (SSSR count). The number of benzene rings is 2. The zero-order chi connectivity index (χ0) is 20.9. The van der Waals surface area contributed by atoms with Crippen molar-refractivity contribution in [2.24, 2.45) is 0 Å². The molecule has 6 heteroatoms. The number of hydrogen-bond acceptors (Lipinski definition) is 4. The first-order valence-corrected chi connectivity index (χ1v) is 10.6. The number of rotatable bonds is 6. The van der Waals surface area contributed by atoms with Gasteiger partial charge in [-0.1, -0.05) is 30.3 Å². The van der Waals surface area contributed by atoms with Gasteiger partial charge in [-0.15, -0.1) is 0 Å². The number of carbonyl (C=O) groups excluding carboxylic acids is 2. The Balaban J connectivity index is 1.39. The summed E-state index contributed by atoms with van der Waals surface area (Å²) >= 11 is 0. The van der Waals surface area contributed by atoms with E-state index in [9.17, 15) is 14.7 Å². The van der Waals surface area contributed by atoms with Gasteiger partial charge in [0.25, 0.3) is 11.8 Å². The molecule has 156 valence electrons. The Morgan fingerprint density at radius 3 is 2.43 bits per heavy atom. The Bertz CT molecular complexity index is 932. The van der Waals surface area contributed by atoms with E-state index in [0.717, 1.165) is 24.3 Å². The minimum atomic E-state index is -0.585. The van der Waals surface area contributed by atoms with E-state index in [0.29, 0.717) is 18.5 Å². The van der Waals surface area contributed by atoms with Gasteiger partial charge in [-0.2, -0.15) is 0 Å². The summed E-state index contributed by atoms with van der Waals surface area (Å²) in [4.78, 5) is 27.3. The van der Waals surface area contributed by atoms with Crippen LogP contribution < -0.4 is 15.5 Å². The van der Waals surface area contributed by atoms with Gasteiger partial charge in [-0.05, 0) is 61.9 Å². The summed E-state index contributed by atoms with van der Waals surface area (Å²) in [5.41, 5.74) is 2.65. The van der Waals surface area contributed by atoms with E-state index < -0.39 is 17.9 Å². The third kappa shape index (κ3) is 4.48. The van der Waals surface area contributed by atoms with Gasteiger partial charge in [0.2, 0.25) is 0 Å². The largest absolute Gasteiger partial charge is 0.509 e. The Morgan fingerprint density at radius 2 is 1.73 bits per heavy atom. The maximum Gasteiger partial charge on any atom is 0.264 e. The van der Waals surface area contributed by atoms with Crippen molar-refractivity contribution in [3.63, 3.8) is 0 Å². The molecule has 1 fully saturated rings. The molecule has 2 aliphatic heterocycles. The molecule has 2 aromatic rings. The summed E-state index contributed by atoms with van der Waals surface area (Å²) in [6.07, 6.45) is 4.90. The van der Waals surface area contributed by atoms with E-state index in [1.165, 1.54) is 19.3 Å². The molecular weight excluding hydrogens is 378 g/mol. The molecule has 0 spiro atoms. The number of aliphatic hydroxyl groups is 1. The lowest BCUT2D eigenvalue weighted by Gasteiger charge is -2.28. The van der Waals surface area contributed by atoms with Crippen LogP contribution in [-0.2, 0) is 16.0 Å². The highest BCUT2D eigenvalue weighted by Gasteiger charge is 2.35. The van der Waals surface area contributed by atoms with Gasteiger partial charge in [0.1, 0.15) is 11.3 Å². The standard InChI is InChI=1S/C24H27N3O3/c28-22-20(14-9-17-7-3-1-4-8-17)26-24(30)21(22)23(29)25-18-10-12-19(13-11-18)27-15-5-2-6-16-27/h1,3-4,7-8,10-13,20,28H,2,5-6,9,14-16H2,(H,25,29)(H,26,30)/t20-/m1/s1. The van der Waals surface area contributed by atoms with E-state index in [2.05, 4.69) is 15.5 Å². The van der Waals surface area contributed by atoms with Gasteiger partial charge >= 0.3 is 0 Å². The van der Waals surface area contributed by atoms with Gasteiger partial charge < -0.3 is 20.6 Å². The first kappa shape index (κ1) is 20.0. The maximum atomic E-state index is 12.6. The monoisotopic (exact) mass is 405 g/mol. The van der Waals surface area contributed by atoms with Gasteiger partial charge in [0.15, 0.2) is 0 Å². The van der Waals surface area contributed by atoms with Crippen molar-refractivity contribution in [3.8, 4) is 0 Å². The summed E-state index contributed by atoms with van der Waals surface area (Å²) < 4.78 is 0. The van der Waals surface area contributed by atoms with Crippen LogP contribution in [0.5, 0.6) is 0 Å². The highest BCUT2D eigenvalue weighted by Crippen LogP contribution is 2.24. The Hall–Kier alpha value is -3.28. The number of piperidine rings is 1. The maximum absolute atomic E-state index is 12.6. The molecule has 1 saturated heterocycles. The number of carbonyl (C=O) groups is 2. The van der Waals surface area contributed by atoms with E-state index in [-0.39, 0.29) is 11.3 Å². The Kier molecular flexibility index (Phi) is 6.02. The number of amides is 2. The normalized spacial score (nSPS) is 19.0. The lowest BCUT2D eigenvalue weighted by atomic mass is 10.0. The lowest BCUT2D eigenvalue weighted by Crippen LogP contribution is -2.30. The molecule has 30 heavy (non-hydrogen) atoms. The minimum Gasteiger partial charge on any atom is -0.509 e. The zero-order valence-electron chi connectivity index (χ0n) is 16.9. The molecule has 2 amide bonds. The Labute approximate surface area is 176 Å². The fraction of sp³-hybridized carbons (Fsp3) is 0.333. The second kappa shape index (κ2) is 9.03. The van der Waals surface area contributed by atoms with Gasteiger partial charge in [0.05, 0.1) is 6.04 Å². The van der Waals surface area contributed by atoms with Gasteiger partial charge in [-0.25, -0.2) is 0 Å². The van der Waals surface area contributed by atoms with Crippen LogP contribution in [0, 0.1) is 0 Å². The summed E-state index contributed by atoms with van der Waals surface area (Å²) in [6.45, 7) is 2.11. The van der Waals surface area contributed by atoms with Gasteiger partial charge in [0, 0.05) is 24.5 Å². The smallest absolute Gasteiger partial charge is 0.264 e. The fourth-order valence-electron chi connectivity index (χ4n) is 4.07. The predicted octanol–water partition coefficient (Wildman–Crippen LogP) is 3.56. The second-order valence-corrected chi connectivity index (χ2v) is 7.86. The molecule has 2 aliphatic rings. The van der Waals surface area contributed by atoms with E-state index >= 15 is 0 Å². The predicted molar refractivity (Wildman–Crippen MR) is 117 cm³/mol. The fourth-order valence-corrected chi connectivity index (χ4v) is 4.07. The molecule has 0 saturated carbocycles. The summed E-state index contributed by atoms with van der Waals surface area (Å²) in [6, 6.07) is 16.9. The molecule has 1 atom stereocenters. The number of aryl methyl sites for hydroxylation is 1. The van der Waals surface area contributed by atoms with Crippen LogP contribution in [0.2, 0.25) is 0 Å². The second-order valence-electron chi connectivity index (χ2n) is 7.86. The van der Waals surface area contributed by atoms with Crippen molar-refractivity contribution >= 4 is 23.2 Å². The third-order valence-electron chi connectivity index (χ3n) is 5.76. The molecule has 0 radical (unpaired) electrons. The van der Waals surface area contributed by atoms with Crippen molar-refractivity contribution in [3.05, 3.63) is 71.5 Å². The first-order chi connectivity index (χ1) is 14.6. The molecule has 2 aromatic carbocycles. The van der Waals surface area contributed by atoms with Gasteiger partial charge in [-0.3, -0.25) is 9.59 Å². The average molecular weight is 405 g/mol. The first-order valence-electron chi connectivity index (χ1n) is 10.6. The van der Waals surface area contributed by atoms with Crippen LogP contribution in [-0.4, -0.2) is 36.1 Å². The molecule has 0 bridgehead atoms. The third-order valence-corrected chi connectivity index (χ3v) is 5.76. The molecule has 0 aromatic heterocycles. The number of hydrogen-bond donors (Lipinski definition) is 3. The van der Waals surface area contributed by atoms with Crippen LogP contribution in [0.15, 0.2) is 65.9 Å². The van der Waals surface area contributed by atoms with Crippen LogP contribution in [0.1, 0.15) is 31.2 Å². The van der Waals surface area contributed by atoms with Crippen molar-refractivity contribution < 1.29 is 14.7 Å². The number of anilines is 2. The van der Waals surface area contributed by atoms with E-state index in [4.69, 9.17) is 0 Å². The molecule has 0 unspecified atom stereocenters.